The SMILES string of the molecule is COc1cccc(/C=C2\Sc3ccc(C(=O)N[C@H](C)c4ccc5c(c4)OCCO5)cc3N(C)C2=O)c1. The molecule has 1 atom stereocenters. The maximum absolute atomic E-state index is 13.1. The van der Waals surface area contributed by atoms with Crippen LogP contribution >= 0.6 is 11.8 Å². The molecule has 0 aromatic heterocycles. The van der Waals surface area contributed by atoms with Gasteiger partial charge in [0, 0.05) is 17.5 Å². The van der Waals surface area contributed by atoms with E-state index in [1.807, 2.05) is 61.5 Å². The minimum atomic E-state index is -0.240. The Morgan fingerprint density at radius 2 is 1.89 bits per heavy atom. The van der Waals surface area contributed by atoms with E-state index in [0.29, 0.717) is 40.9 Å². The van der Waals surface area contributed by atoms with Gasteiger partial charge in [-0.1, -0.05) is 30.0 Å². The van der Waals surface area contributed by atoms with E-state index in [2.05, 4.69) is 5.32 Å². The van der Waals surface area contributed by atoms with Crippen LogP contribution in [0.1, 0.15) is 34.5 Å². The maximum Gasteiger partial charge on any atom is 0.264 e. The van der Waals surface area contributed by atoms with Crippen LogP contribution < -0.4 is 24.4 Å². The topological polar surface area (TPSA) is 77.1 Å². The zero-order chi connectivity index (χ0) is 25.2. The predicted octanol–water partition coefficient (Wildman–Crippen LogP) is 5.07. The minimum Gasteiger partial charge on any atom is -0.497 e. The highest BCUT2D eigenvalue weighted by molar-refractivity contribution is 8.04. The summed E-state index contributed by atoms with van der Waals surface area (Å²) in [6, 6.07) is 18.4. The van der Waals surface area contributed by atoms with Gasteiger partial charge in [-0.25, -0.2) is 0 Å². The summed E-state index contributed by atoms with van der Waals surface area (Å²) in [6.45, 7) is 2.96. The second-order valence-corrected chi connectivity index (χ2v) is 9.62. The van der Waals surface area contributed by atoms with Crippen molar-refractivity contribution in [2.45, 2.75) is 17.9 Å². The second-order valence-electron chi connectivity index (χ2n) is 8.53. The Balaban J connectivity index is 1.33. The van der Waals surface area contributed by atoms with Crippen molar-refractivity contribution in [3.8, 4) is 17.2 Å². The lowest BCUT2D eigenvalue weighted by Crippen LogP contribution is -2.31. The molecule has 3 aromatic rings. The average Bonchev–Trinajstić information content (AvgIpc) is 2.91. The van der Waals surface area contributed by atoms with E-state index in [-0.39, 0.29) is 17.9 Å². The number of fused-ring (bicyclic) bond motifs is 2. The molecule has 2 aliphatic rings. The van der Waals surface area contributed by atoms with Gasteiger partial charge in [0.2, 0.25) is 0 Å². The van der Waals surface area contributed by atoms with Crippen LogP contribution in [-0.2, 0) is 4.79 Å². The Morgan fingerprint density at radius 3 is 2.69 bits per heavy atom. The summed E-state index contributed by atoms with van der Waals surface area (Å²) in [5, 5.41) is 3.04. The zero-order valence-electron chi connectivity index (χ0n) is 20.2. The number of likely N-dealkylation sites (N-methyl/N-ethyl adjacent to an activating group) is 1. The van der Waals surface area contributed by atoms with E-state index in [4.69, 9.17) is 14.2 Å². The van der Waals surface area contributed by atoms with Gasteiger partial charge in [-0.15, -0.1) is 0 Å². The standard InChI is InChI=1S/C28H26N2O5S/c1-17(19-7-9-23-24(16-19)35-12-11-34-23)29-27(31)20-8-10-25-22(15-20)30(2)28(32)26(36-25)14-18-5-4-6-21(13-18)33-3/h4-10,13-17H,11-12H2,1-3H3,(H,29,31)/b26-14-/t17-/m1/s1. The Hall–Kier alpha value is -3.91. The van der Waals surface area contributed by atoms with Gasteiger partial charge in [0.15, 0.2) is 11.5 Å². The molecule has 0 saturated carbocycles. The van der Waals surface area contributed by atoms with Crippen molar-refractivity contribution in [1.82, 2.24) is 5.32 Å². The monoisotopic (exact) mass is 502 g/mol. The number of carbonyl (C=O) groups excluding carboxylic acids is 2. The molecule has 1 N–H and O–H groups in total. The van der Waals surface area contributed by atoms with Crippen molar-refractivity contribution >= 4 is 35.3 Å². The molecule has 184 valence electrons. The highest BCUT2D eigenvalue weighted by Gasteiger charge is 2.27. The van der Waals surface area contributed by atoms with Gasteiger partial charge in [-0.3, -0.25) is 9.59 Å². The first-order chi connectivity index (χ1) is 17.4. The largest absolute Gasteiger partial charge is 0.497 e. The number of nitrogens with zero attached hydrogens (tertiary/aromatic N) is 1. The van der Waals surface area contributed by atoms with Gasteiger partial charge >= 0.3 is 0 Å². The Kier molecular flexibility index (Phi) is 6.61. The molecule has 3 aromatic carbocycles. The number of benzene rings is 3. The number of rotatable bonds is 5. The highest BCUT2D eigenvalue weighted by Crippen LogP contribution is 2.42. The van der Waals surface area contributed by atoms with Crippen LogP contribution in [0.25, 0.3) is 6.08 Å². The molecule has 0 bridgehead atoms. The number of hydrogen-bond acceptors (Lipinski definition) is 6. The van der Waals surface area contributed by atoms with Crippen molar-refractivity contribution in [3.63, 3.8) is 0 Å². The molecule has 2 aliphatic heterocycles. The molecule has 0 unspecified atom stereocenters. The van der Waals surface area contributed by atoms with Gasteiger partial charge in [0.25, 0.3) is 11.8 Å². The van der Waals surface area contributed by atoms with Crippen LogP contribution in [0.15, 0.2) is 70.5 Å². The Morgan fingerprint density at radius 1 is 1.08 bits per heavy atom. The lowest BCUT2D eigenvalue weighted by Gasteiger charge is -2.27. The van der Waals surface area contributed by atoms with Gasteiger partial charge in [-0.05, 0) is 66.6 Å². The van der Waals surface area contributed by atoms with E-state index in [0.717, 1.165) is 21.8 Å². The van der Waals surface area contributed by atoms with E-state index < -0.39 is 0 Å². The summed E-state index contributed by atoms with van der Waals surface area (Å²) in [5.41, 5.74) is 2.98. The molecule has 2 heterocycles. The first-order valence-corrected chi connectivity index (χ1v) is 12.4. The van der Waals surface area contributed by atoms with E-state index in [9.17, 15) is 9.59 Å². The second kappa shape index (κ2) is 9.99. The number of thioether (sulfide) groups is 1. The van der Waals surface area contributed by atoms with Gasteiger partial charge in [-0.2, -0.15) is 0 Å². The number of carbonyl (C=O) groups is 2. The van der Waals surface area contributed by atoms with Gasteiger partial charge in [0.05, 0.1) is 23.7 Å². The van der Waals surface area contributed by atoms with Crippen molar-refractivity contribution in [2.75, 3.05) is 32.3 Å². The number of hydrogen-bond donors (Lipinski definition) is 1. The van der Waals surface area contributed by atoms with Crippen molar-refractivity contribution < 1.29 is 23.8 Å². The fourth-order valence-corrected chi connectivity index (χ4v) is 5.20. The Bertz CT molecular complexity index is 1370. The normalized spacial score (nSPS) is 16.4. The molecular formula is C28H26N2O5S. The number of amides is 2. The molecule has 0 saturated heterocycles. The summed E-state index contributed by atoms with van der Waals surface area (Å²) in [4.78, 5) is 29.2. The third-order valence-corrected chi connectivity index (χ3v) is 7.20. The minimum absolute atomic E-state index is 0.127. The van der Waals surface area contributed by atoms with Crippen LogP contribution in [0.4, 0.5) is 5.69 Å². The Labute approximate surface area is 214 Å². The molecule has 36 heavy (non-hydrogen) atoms. The first-order valence-electron chi connectivity index (χ1n) is 11.6. The average molecular weight is 503 g/mol. The fourth-order valence-electron chi connectivity index (χ4n) is 4.11. The van der Waals surface area contributed by atoms with Crippen LogP contribution in [-0.4, -0.2) is 39.2 Å². The van der Waals surface area contributed by atoms with Gasteiger partial charge < -0.3 is 24.4 Å². The summed E-state index contributed by atoms with van der Waals surface area (Å²) >= 11 is 1.39. The number of ether oxygens (including phenoxy) is 3. The number of methoxy groups -OCH3 is 1. The third kappa shape index (κ3) is 4.77. The van der Waals surface area contributed by atoms with Crippen molar-refractivity contribution in [1.29, 1.82) is 0 Å². The smallest absolute Gasteiger partial charge is 0.264 e. The summed E-state index contributed by atoms with van der Waals surface area (Å²) in [6.07, 6.45) is 1.85. The summed E-state index contributed by atoms with van der Waals surface area (Å²) < 4.78 is 16.5. The number of nitrogens with one attached hydrogen (secondary N) is 1. The molecule has 0 aliphatic carbocycles. The van der Waals surface area contributed by atoms with Crippen molar-refractivity contribution in [2.24, 2.45) is 0 Å². The molecule has 2 amide bonds. The van der Waals surface area contributed by atoms with Crippen LogP contribution in [0.3, 0.4) is 0 Å². The maximum atomic E-state index is 13.1. The third-order valence-electron chi connectivity index (χ3n) is 6.12. The highest BCUT2D eigenvalue weighted by atomic mass is 32.2. The molecule has 0 spiro atoms. The van der Waals surface area contributed by atoms with Crippen LogP contribution in [0, 0.1) is 0 Å². The molecule has 0 fully saturated rings. The van der Waals surface area contributed by atoms with Gasteiger partial charge in [0.1, 0.15) is 19.0 Å². The molecule has 8 heteroatoms. The quantitative estimate of drug-likeness (QED) is 0.491. The predicted molar refractivity (Wildman–Crippen MR) is 140 cm³/mol. The van der Waals surface area contributed by atoms with E-state index in [1.54, 1.807) is 31.2 Å². The van der Waals surface area contributed by atoms with E-state index in [1.165, 1.54) is 11.8 Å². The summed E-state index contributed by atoms with van der Waals surface area (Å²) in [5.74, 6) is 1.78. The van der Waals surface area contributed by atoms with Crippen LogP contribution in [0.5, 0.6) is 17.2 Å². The lowest BCUT2D eigenvalue weighted by atomic mass is 10.1. The van der Waals surface area contributed by atoms with Crippen molar-refractivity contribution in [3.05, 3.63) is 82.3 Å². The lowest BCUT2D eigenvalue weighted by molar-refractivity contribution is -0.114. The summed E-state index contributed by atoms with van der Waals surface area (Å²) in [7, 11) is 3.33. The molecule has 5 rings (SSSR count). The number of anilines is 1. The molecule has 7 nitrogen and oxygen atoms in total. The fraction of sp³-hybridized carbons (Fsp3) is 0.214. The zero-order valence-corrected chi connectivity index (χ0v) is 21.1. The van der Waals surface area contributed by atoms with E-state index >= 15 is 0 Å². The molecular weight excluding hydrogens is 476 g/mol. The van der Waals surface area contributed by atoms with Crippen LogP contribution in [0.2, 0.25) is 0 Å². The first kappa shape index (κ1) is 23.8. The molecule has 0 radical (unpaired) electrons.